The maximum absolute atomic E-state index is 11.1. The standard InChI is InChI=1S/C12H7Br2NO2S/c13-7-3-4-8(12(16)17)10(6-7)18-11-9(14)2-1-5-15-11/h1-6H,(H,16,17). The number of hydrogen-bond donors (Lipinski definition) is 1. The minimum absolute atomic E-state index is 0.265. The Morgan fingerprint density at radius 2 is 2.06 bits per heavy atom. The van der Waals surface area contributed by atoms with Crippen LogP contribution in [0.4, 0.5) is 0 Å². The number of hydrogen-bond acceptors (Lipinski definition) is 3. The van der Waals surface area contributed by atoms with E-state index in [4.69, 9.17) is 5.11 Å². The lowest BCUT2D eigenvalue weighted by molar-refractivity contribution is 0.0693. The number of aromatic nitrogens is 1. The Labute approximate surface area is 125 Å². The molecule has 3 nitrogen and oxygen atoms in total. The van der Waals surface area contributed by atoms with Crippen molar-refractivity contribution in [3.05, 3.63) is 51.0 Å². The van der Waals surface area contributed by atoms with Gasteiger partial charge in [-0.25, -0.2) is 9.78 Å². The van der Waals surface area contributed by atoms with Crippen LogP contribution in [-0.2, 0) is 0 Å². The van der Waals surface area contributed by atoms with Gasteiger partial charge in [0.05, 0.1) is 10.0 Å². The first-order valence-electron chi connectivity index (χ1n) is 4.89. The van der Waals surface area contributed by atoms with Gasteiger partial charge in [-0.05, 0) is 46.3 Å². The van der Waals surface area contributed by atoms with E-state index in [1.165, 1.54) is 11.8 Å². The molecule has 2 rings (SSSR count). The van der Waals surface area contributed by atoms with Crippen LogP contribution in [0.2, 0.25) is 0 Å². The number of rotatable bonds is 3. The number of carboxylic acid groups (broad SMARTS) is 1. The Morgan fingerprint density at radius 1 is 1.28 bits per heavy atom. The zero-order chi connectivity index (χ0) is 13.1. The van der Waals surface area contributed by atoms with Gasteiger partial charge in [-0.3, -0.25) is 0 Å². The van der Waals surface area contributed by atoms with Crippen molar-refractivity contribution in [3.8, 4) is 0 Å². The molecular weight excluding hydrogens is 382 g/mol. The van der Waals surface area contributed by atoms with Gasteiger partial charge >= 0.3 is 5.97 Å². The summed E-state index contributed by atoms with van der Waals surface area (Å²) in [6.07, 6.45) is 1.67. The number of benzene rings is 1. The number of carbonyl (C=O) groups is 1. The summed E-state index contributed by atoms with van der Waals surface area (Å²) in [4.78, 5) is 16.0. The predicted molar refractivity (Wildman–Crippen MR) is 77.2 cm³/mol. The fourth-order valence-electron chi connectivity index (χ4n) is 1.31. The van der Waals surface area contributed by atoms with E-state index in [0.717, 1.165) is 14.0 Å². The smallest absolute Gasteiger partial charge is 0.336 e. The summed E-state index contributed by atoms with van der Waals surface area (Å²) < 4.78 is 1.67. The average molecular weight is 389 g/mol. The first-order chi connectivity index (χ1) is 8.58. The summed E-state index contributed by atoms with van der Waals surface area (Å²) in [5, 5.41) is 9.88. The second-order valence-corrected chi connectivity index (χ2v) is 6.14. The van der Waals surface area contributed by atoms with Crippen molar-refractivity contribution in [2.24, 2.45) is 0 Å². The molecule has 0 atom stereocenters. The van der Waals surface area contributed by atoms with Crippen LogP contribution < -0.4 is 0 Å². The zero-order valence-corrected chi connectivity index (χ0v) is 12.9. The molecule has 92 valence electrons. The molecule has 0 fully saturated rings. The summed E-state index contributed by atoms with van der Waals surface area (Å²) in [7, 11) is 0. The summed E-state index contributed by atoms with van der Waals surface area (Å²) >= 11 is 8.04. The van der Waals surface area contributed by atoms with E-state index in [9.17, 15) is 4.79 Å². The third kappa shape index (κ3) is 3.13. The highest BCUT2D eigenvalue weighted by molar-refractivity contribution is 9.10. The number of aromatic carboxylic acids is 1. The number of pyridine rings is 1. The highest BCUT2D eigenvalue weighted by Gasteiger charge is 2.13. The molecule has 0 saturated carbocycles. The van der Waals surface area contributed by atoms with Gasteiger partial charge in [0.25, 0.3) is 0 Å². The third-order valence-electron chi connectivity index (χ3n) is 2.11. The van der Waals surface area contributed by atoms with Crippen LogP contribution in [0.1, 0.15) is 10.4 Å². The molecule has 0 aliphatic heterocycles. The fraction of sp³-hybridized carbons (Fsp3) is 0. The summed E-state index contributed by atoms with van der Waals surface area (Å²) in [6, 6.07) is 8.74. The van der Waals surface area contributed by atoms with Crippen LogP contribution in [0.15, 0.2) is 55.4 Å². The van der Waals surface area contributed by atoms with Gasteiger partial charge in [-0.2, -0.15) is 0 Å². The van der Waals surface area contributed by atoms with Gasteiger partial charge in [0.2, 0.25) is 0 Å². The molecule has 1 aromatic carbocycles. The predicted octanol–water partition coefficient (Wildman–Crippen LogP) is 4.46. The van der Waals surface area contributed by atoms with E-state index in [1.807, 2.05) is 12.1 Å². The van der Waals surface area contributed by atoms with Crippen LogP contribution in [0.25, 0.3) is 0 Å². The Kier molecular flexibility index (Phi) is 4.42. The van der Waals surface area contributed by atoms with Gasteiger partial charge in [-0.1, -0.05) is 27.7 Å². The Morgan fingerprint density at radius 3 is 2.72 bits per heavy atom. The summed E-state index contributed by atoms with van der Waals surface area (Å²) in [5.41, 5.74) is 0.265. The van der Waals surface area contributed by atoms with Crippen molar-refractivity contribution in [1.82, 2.24) is 4.98 Å². The van der Waals surface area contributed by atoms with E-state index < -0.39 is 5.97 Å². The molecule has 6 heteroatoms. The lowest BCUT2D eigenvalue weighted by Gasteiger charge is -2.07. The molecule has 0 saturated heterocycles. The van der Waals surface area contributed by atoms with Crippen LogP contribution in [0.5, 0.6) is 0 Å². The quantitative estimate of drug-likeness (QED) is 0.843. The molecule has 0 radical (unpaired) electrons. The number of nitrogens with zero attached hydrogens (tertiary/aromatic N) is 1. The topological polar surface area (TPSA) is 50.2 Å². The molecule has 18 heavy (non-hydrogen) atoms. The molecule has 1 aromatic heterocycles. The molecular formula is C12H7Br2NO2S. The summed E-state index contributed by atoms with van der Waals surface area (Å²) in [5.74, 6) is -0.947. The second-order valence-electron chi connectivity index (χ2n) is 3.34. The average Bonchev–Trinajstić information content (AvgIpc) is 2.32. The van der Waals surface area contributed by atoms with Crippen molar-refractivity contribution < 1.29 is 9.90 Å². The maximum atomic E-state index is 11.1. The lowest BCUT2D eigenvalue weighted by Crippen LogP contribution is -1.98. The first kappa shape index (κ1) is 13.6. The van der Waals surface area contributed by atoms with Crippen molar-refractivity contribution in [2.45, 2.75) is 9.92 Å². The minimum atomic E-state index is -0.947. The van der Waals surface area contributed by atoms with E-state index >= 15 is 0 Å². The lowest BCUT2D eigenvalue weighted by atomic mass is 10.2. The molecule has 0 amide bonds. The van der Waals surface area contributed by atoms with Gasteiger partial charge < -0.3 is 5.11 Å². The zero-order valence-electron chi connectivity index (χ0n) is 8.93. The highest BCUT2D eigenvalue weighted by atomic mass is 79.9. The van der Waals surface area contributed by atoms with Crippen molar-refractivity contribution in [2.75, 3.05) is 0 Å². The van der Waals surface area contributed by atoms with E-state index in [-0.39, 0.29) is 5.56 Å². The molecule has 1 N–H and O–H groups in total. The Balaban J connectivity index is 2.42. The SMILES string of the molecule is O=C(O)c1ccc(Br)cc1Sc1ncccc1Br. The molecule has 1 heterocycles. The van der Waals surface area contributed by atoms with E-state index in [1.54, 1.807) is 24.4 Å². The largest absolute Gasteiger partial charge is 0.478 e. The molecule has 0 spiro atoms. The normalized spacial score (nSPS) is 10.3. The van der Waals surface area contributed by atoms with Crippen LogP contribution >= 0.6 is 43.6 Å². The van der Waals surface area contributed by atoms with Crippen LogP contribution in [-0.4, -0.2) is 16.1 Å². The van der Waals surface area contributed by atoms with Crippen molar-refractivity contribution in [3.63, 3.8) is 0 Å². The van der Waals surface area contributed by atoms with Crippen LogP contribution in [0.3, 0.4) is 0 Å². The summed E-state index contributed by atoms with van der Waals surface area (Å²) in [6.45, 7) is 0. The minimum Gasteiger partial charge on any atom is -0.478 e. The Hall–Kier alpha value is -0.850. The van der Waals surface area contributed by atoms with Crippen molar-refractivity contribution >= 4 is 49.6 Å². The fourth-order valence-corrected chi connectivity index (χ4v) is 3.26. The van der Waals surface area contributed by atoms with E-state index in [0.29, 0.717) is 4.90 Å². The highest BCUT2D eigenvalue weighted by Crippen LogP contribution is 2.35. The third-order valence-corrected chi connectivity index (χ3v) is 4.58. The number of halogens is 2. The van der Waals surface area contributed by atoms with Gasteiger partial charge in [0.15, 0.2) is 0 Å². The van der Waals surface area contributed by atoms with Crippen LogP contribution in [0, 0.1) is 0 Å². The molecule has 2 aromatic rings. The monoisotopic (exact) mass is 387 g/mol. The first-order valence-corrected chi connectivity index (χ1v) is 7.29. The molecule has 0 aliphatic rings. The molecule has 0 aliphatic carbocycles. The molecule has 0 bridgehead atoms. The maximum Gasteiger partial charge on any atom is 0.336 e. The second kappa shape index (κ2) is 5.86. The van der Waals surface area contributed by atoms with Gasteiger partial charge in [0.1, 0.15) is 5.03 Å². The van der Waals surface area contributed by atoms with Crippen molar-refractivity contribution in [1.29, 1.82) is 0 Å². The molecule has 0 unspecified atom stereocenters. The van der Waals surface area contributed by atoms with Gasteiger partial charge in [-0.15, -0.1) is 0 Å². The Bertz CT molecular complexity index is 604. The van der Waals surface area contributed by atoms with Gasteiger partial charge in [0, 0.05) is 15.6 Å². The van der Waals surface area contributed by atoms with E-state index in [2.05, 4.69) is 36.8 Å². The number of carboxylic acids is 1.